The molecule has 0 fully saturated rings. The van der Waals surface area contributed by atoms with Crippen LogP contribution >= 0.6 is 11.3 Å². The van der Waals surface area contributed by atoms with Crippen molar-refractivity contribution in [1.29, 1.82) is 0 Å². The first-order valence-corrected chi connectivity index (χ1v) is 8.33. The zero-order valence-corrected chi connectivity index (χ0v) is 13.4. The standard InChI is InChI=1S/C17H19N3OS/c1-2-8-21-11-14-6-4-3-5-13(14)10-18-17-16-15(7-9-22-16)19-12-20-17/h3-7,9,12H,2,8,10-11H2,1H3,(H,18,19,20). The normalized spacial score (nSPS) is 11.0. The maximum atomic E-state index is 5.67. The Morgan fingerprint density at radius 1 is 1.14 bits per heavy atom. The Labute approximate surface area is 134 Å². The summed E-state index contributed by atoms with van der Waals surface area (Å²) in [6.07, 6.45) is 2.64. The van der Waals surface area contributed by atoms with Gasteiger partial charge < -0.3 is 10.1 Å². The van der Waals surface area contributed by atoms with E-state index < -0.39 is 0 Å². The largest absolute Gasteiger partial charge is 0.377 e. The fourth-order valence-corrected chi connectivity index (χ4v) is 3.10. The Hall–Kier alpha value is -1.98. The number of nitrogens with zero attached hydrogens (tertiary/aromatic N) is 2. The molecule has 5 heteroatoms. The predicted octanol–water partition coefficient (Wildman–Crippen LogP) is 4.23. The van der Waals surface area contributed by atoms with Crippen LogP contribution in [0.1, 0.15) is 24.5 Å². The minimum atomic E-state index is 0.657. The molecule has 1 N–H and O–H groups in total. The first-order valence-electron chi connectivity index (χ1n) is 7.45. The minimum Gasteiger partial charge on any atom is -0.377 e. The summed E-state index contributed by atoms with van der Waals surface area (Å²) in [6.45, 7) is 4.30. The van der Waals surface area contributed by atoms with Crippen molar-refractivity contribution in [3.63, 3.8) is 0 Å². The molecular weight excluding hydrogens is 294 g/mol. The zero-order chi connectivity index (χ0) is 15.2. The number of rotatable bonds is 7. The van der Waals surface area contributed by atoms with Gasteiger partial charge in [-0.15, -0.1) is 11.3 Å². The van der Waals surface area contributed by atoms with Gasteiger partial charge in [-0.1, -0.05) is 31.2 Å². The summed E-state index contributed by atoms with van der Waals surface area (Å²) in [7, 11) is 0. The Kier molecular flexibility index (Phi) is 4.98. The Morgan fingerprint density at radius 2 is 2.00 bits per heavy atom. The van der Waals surface area contributed by atoms with Crippen molar-refractivity contribution in [3.05, 3.63) is 53.2 Å². The summed E-state index contributed by atoms with van der Waals surface area (Å²) in [5, 5.41) is 5.46. The van der Waals surface area contributed by atoms with E-state index in [1.807, 2.05) is 11.4 Å². The number of hydrogen-bond donors (Lipinski definition) is 1. The van der Waals surface area contributed by atoms with Crippen molar-refractivity contribution >= 4 is 27.4 Å². The van der Waals surface area contributed by atoms with Gasteiger partial charge in [0.25, 0.3) is 0 Å². The van der Waals surface area contributed by atoms with Gasteiger partial charge in [0.2, 0.25) is 0 Å². The highest BCUT2D eigenvalue weighted by atomic mass is 32.1. The van der Waals surface area contributed by atoms with Gasteiger partial charge in [-0.3, -0.25) is 0 Å². The van der Waals surface area contributed by atoms with E-state index >= 15 is 0 Å². The smallest absolute Gasteiger partial charge is 0.147 e. The molecule has 0 aliphatic heterocycles. The number of nitrogens with one attached hydrogen (secondary N) is 1. The van der Waals surface area contributed by atoms with Crippen LogP contribution in [-0.4, -0.2) is 16.6 Å². The number of ether oxygens (including phenoxy) is 1. The third-order valence-corrected chi connectivity index (χ3v) is 4.32. The fraction of sp³-hybridized carbons (Fsp3) is 0.294. The summed E-state index contributed by atoms with van der Waals surface area (Å²) in [6, 6.07) is 10.4. The number of fused-ring (bicyclic) bond motifs is 1. The molecule has 0 amide bonds. The van der Waals surface area contributed by atoms with Crippen LogP contribution in [0.3, 0.4) is 0 Å². The second-order valence-electron chi connectivity index (χ2n) is 5.03. The van der Waals surface area contributed by atoms with Crippen molar-refractivity contribution in [2.75, 3.05) is 11.9 Å². The van der Waals surface area contributed by atoms with Gasteiger partial charge in [-0.05, 0) is 29.0 Å². The molecule has 2 heterocycles. The van der Waals surface area contributed by atoms with Gasteiger partial charge in [0.1, 0.15) is 12.1 Å². The highest BCUT2D eigenvalue weighted by Crippen LogP contribution is 2.25. The number of thiophene rings is 1. The lowest BCUT2D eigenvalue weighted by molar-refractivity contribution is 0.121. The Balaban J connectivity index is 1.72. The van der Waals surface area contributed by atoms with Gasteiger partial charge in [0, 0.05) is 13.2 Å². The molecule has 0 aliphatic carbocycles. The Morgan fingerprint density at radius 3 is 2.86 bits per heavy atom. The highest BCUT2D eigenvalue weighted by Gasteiger charge is 2.06. The molecule has 3 rings (SSSR count). The monoisotopic (exact) mass is 313 g/mol. The average molecular weight is 313 g/mol. The van der Waals surface area contributed by atoms with Gasteiger partial charge in [0.15, 0.2) is 0 Å². The Bertz CT molecular complexity index is 741. The molecule has 114 valence electrons. The van der Waals surface area contributed by atoms with Crippen molar-refractivity contribution in [1.82, 2.24) is 9.97 Å². The molecule has 4 nitrogen and oxygen atoms in total. The second-order valence-corrected chi connectivity index (χ2v) is 5.95. The maximum absolute atomic E-state index is 5.67. The average Bonchev–Trinajstić information content (AvgIpc) is 3.03. The lowest BCUT2D eigenvalue weighted by Crippen LogP contribution is -2.06. The zero-order valence-electron chi connectivity index (χ0n) is 12.6. The molecule has 0 unspecified atom stereocenters. The SMILES string of the molecule is CCCOCc1ccccc1CNc1ncnc2ccsc12. The van der Waals surface area contributed by atoms with E-state index in [1.54, 1.807) is 17.7 Å². The second kappa shape index (κ2) is 7.33. The lowest BCUT2D eigenvalue weighted by Gasteiger charge is -2.11. The molecular formula is C17H19N3OS. The minimum absolute atomic E-state index is 0.657. The molecule has 0 aliphatic rings. The van der Waals surface area contributed by atoms with Crippen LogP contribution in [0.25, 0.3) is 10.2 Å². The van der Waals surface area contributed by atoms with Gasteiger partial charge in [0.05, 0.1) is 16.8 Å². The highest BCUT2D eigenvalue weighted by molar-refractivity contribution is 7.17. The van der Waals surface area contributed by atoms with Crippen LogP contribution in [0.5, 0.6) is 0 Å². The molecule has 22 heavy (non-hydrogen) atoms. The molecule has 0 spiro atoms. The van der Waals surface area contributed by atoms with E-state index in [0.717, 1.165) is 35.6 Å². The molecule has 0 saturated heterocycles. The lowest BCUT2D eigenvalue weighted by atomic mass is 10.1. The van der Waals surface area contributed by atoms with Gasteiger partial charge >= 0.3 is 0 Å². The van der Waals surface area contributed by atoms with Crippen LogP contribution in [0.2, 0.25) is 0 Å². The molecule has 3 aromatic rings. The number of hydrogen-bond acceptors (Lipinski definition) is 5. The van der Waals surface area contributed by atoms with Crippen molar-refractivity contribution in [3.8, 4) is 0 Å². The van der Waals surface area contributed by atoms with Crippen LogP contribution in [0.4, 0.5) is 5.82 Å². The van der Waals surface area contributed by atoms with Gasteiger partial charge in [-0.25, -0.2) is 9.97 Å². The summed E-state index contributed by atoms with van der Waals surface area (Å²) >= 11 is 1.66. The van der Waals surface area contributed by atoms with E-state index in [2.05, 4.69) is 46.5 Å². The fourth-order valence-electron chi connectivity index (χ4n) is 2.29. The number of aromatic nitrogens is 2. The summed E-state index contributed by atoms with van der Waals surface area (Å²) in [5.74, 6) is 0.893. The number of anilines is 1. The third-order valence-electron chi connectivity index (χ3n) is 3.41. The third kappa shape index (κ3) is 3.43. The number of benzene rings is 1. The predicted molar refractivity (Wildman–Crippen MR) is 91.1 cm³/mol. The van der Waals surface area contributed by atoms with E-state index in [4.69, 9.17) is 4.74 Å². The van der Waals surface area contributed by atoms with Crippen LogP contribution < -0.4 is 5.32 Å². The maximum Gasteiger partial charge on any atom is 0.147 e. The molecule has 2 aromatic heterocycles. The van der Waals surface area contributed by atoms with Crippen LogP contribution in [0.15, 0.2) is 42.0 Å². The van der Waals surface area contributed by atoms with Crippen molar-refractivity contribution < 1.29 is 4.74 Å². The molecule has 1 aromatic carbocycles. The molecule has 0 atom stereocenters. The quantitative estimate of drug-likeness (QED) is 0.663. The topological polar surface area (TPSA) is 47.0 Å². The summed E-state index contributed by atoms with van der Waals surface area (Å²) < 4.78 is 6.77. The van der Waals surface area contributed by atoms with E-state index in [1.165, 1.54) is 11.1 Å². The van der Waals surface area contributed by atoms with E-state index in [9.17, 15) is 0 Å². The first kappa shape index (κ1) is 14.9. The van der Waals surface area contributed by atoms with Crippen molar-refractivity contribution in [2.45, 2.75) is 26.5 Å². The molecule has 0 saturated carbocycles. The first-order chi connectivity index (χ1) is 10.9. The summed E-state index contributed by atoms with van der Waals surface area (Å²) in [5.41, 5.74) is 3.45. The van der Waals surface area contributed by atoms with E-state index in [-0.39, 0.29) is 0 Å². The van der Waals surface area contributed by atoms with Crippen molar-refractivity contribution in [2.24, 2.45) is 0 Å². The van der Waals surface area contributed by atoms with E-state index in [0.29, 0.717) is 6.61 Å². The molecule has 0 radical (unpaired) electrons. The molecule has 0 bridgehead atoms. The van der Waals surface area contributed by atoms with Gasteiger partial charge in [-0.2, -0.15) is 0 Å². The summed E-state index contributed by atoms with van der Waals surface area (Å²) in [4.78, 5) is 8.62. The van der Waals surface area contributed by atoms with Crippen LogP contribution in [-0.2, 0) is 17.9 Å². The van der Waals surface area contributed by atoms with Crippen LogP contribution in [0, 0.1) is 0 Å².